The molecule has 3 heterocycles. The first-order chi connectivity index (χ1) is 15.7. The van der Waals surface area contributed by atoms with E-state index in [0.717, 1.165) is 63.2 Å². The van der Waals surface area contributed by atoms with Crippen molar-refractivity contribution < 1.29 is 4.79 Å². The van der Waals surface area contributed by atoms with E-state index in [4.69, 9.17) is 11.6 Å². The molecule has 7 nitrogen and oxygen atoms in total. The summed E-state index contributed by atoms with van der Waals surface area (Å²) < 4.78 is 0. The van der Waals surface area contributed by atoms with Crippen molar-refractivity contribution in [1.29, 1.82) is 0 Å². The smallest absolute Gasteiger partial charge is 0.274 e. The van der Waals surface area contributed by atoms with Gasteiger partial charge in [-0.25, -0.2) is 9.97 Å². The predicted octanol–water partition coefficient (Wildman–Crippen LogP) is 4.54. The summed E-state index contributed by atoms with van der Waals surface area (Å²) in [5, 5.41) is 3.14. The highest BCUT2D eigenvalue weighted by molar-refractivity contribution is 6.28. The molecule has 33 heavy (non-hydrogen) atoms. The van der Waals surface area contributed by atoms with Crippen molar-refractivity contribution in [2.45, 2.75) is 45.6 Å². The molecule has 1 aromatic carbocycles. The van der Waals surface area contributed by atoms with Crippen molar-refractivity contribution in [2.24, 2.45) is 5.41 Å². The van der Waals surface area contributed by atoms with Crippen LogP contribution in [-0.2, 0) is 0 Å². The Morgan fingerprint density at radius 2 is 1.79 bits per heavy atom. The molecular weight excluding hydrogens is 436 g/mol. The maximum absolute atomic E-state index is 12.9. The second kappa shape index (κ2) is 9.85. The summed E-state index contributed by atoms with van der Waals surface area (Å²) in [6, 6.07) is 8.62. The van der Waals surface area contributed by atoms with E-state index in [-0.39, 0.29) is 16.9 Å². The van der Waals surface area contributed by atoms with Crippen LogP contribution in [0.5, 0.6) is 0 Å². The number of hydrogen-bond acceptors (Lipinski definition) is 6. The summed E-state index contributed by atoms with van der Waals surface area (Å²) >= 11 is 5.89. The molecule has 2 fully saturated rings. The first-order valence-corrected chi connectivity index (χ1v) is 12.2. The molecular formula is C25H35ClN6O. The van der Waals surface area contributed by atoms with Crippen LogP contribution in [0.15, 0.2) is 30.5 Å². The van der Waals surface area contributed by atoms with E-state index < -0.39 is 0 Å². The SMILES string of the molecule is CN(C)C1CCN(c2ccc(NC(=O)c3ccnc(Cl)n3)c(N3CCC(C)(C)CC3)c2)CC1. The molecule has 1 aromatic heterocycles. The molecule has 2 aliphatic rings. The number of hydrogen-bond donors (Lipinski definition) is 1. The van der Waals surface area contributed by atoms with Crippen LogP contribution in [0.3, 0.4) is 0 Å². The van der Waals surface area contributed by atoms with Gasteiger partial charge in [0.05, 0.1) is 11.4 Å². The maximum atomic E-state index is 12.9. The highest BCUT2D eigenvalue weighted by atomic mass is 35.5. The van der Waals surface area contributed by atoms with Crippen molar-refractivity contribution in [1.82, 2.24) is 14.9 Å². The number of piperidine rings is 2. The Hall–Kier alpha value is -2.38. The van der Waals surface area contributed by atoms with Crippen LogP contribution in [-0.4, -0.2) is 67.1 Å². The van der Waals surface area contributed by atoms with Gasteiger partial charge in [0.1, 0.15) is 5.69 Å². The van der Waals surface area contributed by atoms with Gasteiger partial charge in [-0.05, 0) is 81.1 Å². The fraction of sp³-hybridized carbons (Fsp3) is 0.560. The number of carbonyl (C=O) groups excluding carboxylic acids is 1. The van der Waals surface area contributed by atoms with Gasteiger partial charge < -0.3 is 20.0 Å². The van der Waals surface area contributed by atoms with Crippen molar-refractivity contribution in [3.63, 3.8) is 0 Å². The molecule has 1 N–H and O–H groups in total. The van der Waals surface area contributed by atoms with Crippen LogP contribution in [0.2, 0.25) is 5.28 Å². The molecule has 2 saturated heterocycles. The molecule has 4 rings (SSSR count). The molecule has 0 saturated carbocycles. The zero-order valence-electron chi connectivity index (χ0n) is 20.1. The predicted molar refractivity (Wildman–Crippen MR) is 136 cm³/mol. The first-order valence-electron chi connectivity index (χ1n) is 11.8. The normalized spacial score (nSPS) is 19.1. The third kappa shape index (κ3) is 5.76. The Bertz CT molecular complexity index is 977. The second-order valence-corrected chi connectivity index (χ2v) is 10.5. The number of rotatable bonds is 5. The Balaban J connectivity index is 1.58. The Morgan fingerprint density at radius 3 is 2.42 bits per heavy atom. The lowest BCUT2D eigenvalue weighted by Crippen LogP contribution is -2.42. The summed E-state index contributed by atoms with van der Waals surface area (Å²) in [6.45, 7) is 8.69. The molecule has 0 aliphatic carbocycles. The van der Waals surface area contributed by atoms with Gasteiger partial charge in [-0.3, -0.25) is 4.79 Å². The van der Waals surface area contributed by atoms with Gasteiger partial charge >= 0.3 is 0 Å². The van der Waals surface area contributed by atoms with Gasteiger partial charge in [-0.15, -0.1) is 0 Å². The molecule has 1 amide bonds. The number of carbonyl (C=O) groups is 1. The molecule has 8 heteroatoms. The molecule has 178 valence electrons. The lowest BCUT2D eigenvalue weighted by atomic mass is 9.82. The van der Waals surface area contributed by atoms with Gasteiger partial charge in [0.2, 0.25) is 5.28 Å². The molecule has 0 atom stereocenters. The molecule has 0 bridgehead atoms. The van der Waals surface area contributed by atoms with Crippen LogP contribution >= 0.6 is 11.6 Å². The lowest BCUT2D eigenvalue weighted by molar-refractivity contribution is 0.102. The van der Waals surface area contributed by atoms with E-state index in [1.165, 1.54) is 11.9 Å². The second-order valence-electron chi connectivity index (χ2n) is 10.2. The van der Waals surface area contributed by atoms with Crippen molar-refractivity contribution in [2.75, 3.05) is 55.4 Å². The Kier molecular flexibility index (Phi) is 7.10. The van der Waals surface area contributed by atoms with Gasteiger partial charge in [0.15, 0.2) is 0 Å². The van der Waals surface area contributed by atoms with Gasteiger partial charge in [0.25, 0.3) is 5.91 Å². The topological polar surface area (TPSA) is 64.6 Å². The lowest BCUT2D eigenvalue weighted by Gasteiger charge is -2.40. The fourth-order valence-corrected chi connectivity index (χ4v) is 4.87. The minimum Gasteiger partial charge on any atom is -0.371 e. The zero-order chi connectivity index (χ0) is 23.6. The van der Waals surface area contributed by atoms with Crippen LogP contribution < -0.4 is 15.1 Å². The molecule has 0 radical (unpaired) electrons. The monoisotopic (exact) mass is 470 g/mol. The molecule has 0 unspecified atom stereocenters. The number of aromatic nitrogens is 2. The highest BCUT2D eigenvalue weighted by Gasteiger charge is 2.28. The number of halogens is 1. The minimum absolute atomic E-state index is 0.0672. The minimum atomic E-state index is -0.280. The van der Waals surface area contributed by atoms with Crippen LogP contribution in [0.25, 0.3) is 0 Å². The summed E-state index contributed by atoms with van der Waals surface area (Å²) in [7, 11) is 4.33. The number of nitrogens with zero attached hydrogens (tertiary/aromatic N) is 5. The van der Waals surface area contributed by atoms with E-state index in [0.29, 0.717) is 11.5 Å². The average molecular weight is 471 g/mol. The number of benzene rings is 1. The summed E-state index contributed by atoms with van der Waals surface area (Å²) in [6.07, 6.45) is 6.07. The average Bonchev–Trinajstić information content (AvgIpc) is 2.79. The summed E-state index contributed by atoms with van der Waals surface area (Å²) in [5.74, 6) is -0.280. The first kappa shape index (κ1) is 23.8. The largest absolute Gasteiger partial charge is 0.371 e. The van der Waals surface area contributed by atoms with Gasteiger partial charge in [0, 0.05) is 44.1 Å². The van der Waals surface area contributed by atoms with Crippen LogP contribution in [0, 0.1) is 5.41 Å². The Morgan fingerprint density at radius 1 is 1.09 bits per heavy atom. The van der Waals surface area contributed by atoms with E-state index in [2.05, 4.69) is 70.1 Å². The highest BCUT2D eigenvalue weighted by Crippen LogP contribution is 2.38. The molecule has 0 spiro atoms. The van der Waals surface area contributed by atoms with Crippen molar-refractivity contribution in [3.05, 3.63) is 41.4 Å². The summed E-state index contributed by atoms with van der Waals surface area (Å²) in [4.78, 5) is 28.0. The summed E-state index contributed by atoms with van der Waals surface area (Å²) in [5.41, 5.74) is 3.71. The zero-order valence-corrected chi connectivity index (χ0v) is 20.9. The number of anilines is 3. The maximum Gasteiger partial charge on any atom is 0.274 e. The van der Waals surface area contributed by atoms with E-state index in [1.807, 2.05) is 6.07 Å². The Labute approximate surface area is 202 Å². The van der Waals surface area contributed by atoms with Crippen molar-refractivity contribution >= 4 is 34.6 Å². The molecule has 2 aliphatic heterocycles. The third-order valence-corrected chi connectivity index (χ3v) is 7.29. The van der Waals surface area contributed by atoms with Crippen molar-refractivity contribution in [3.8, 4) is 0 Å². The van der Waals surface area contributed by atoms with E-state index in [1.54, 1.807) is 6.07 Å². The standard InChI is InChI=1S/C25H35ClN6O/c1-25(2)10-15-32(16-11-25)22-17-19(31-13-8-18(9-14-31)30(3)4)5-6-20(22)28-23(33)21-7-12-27-24(26)29-21/h5-7,12,17-18H,8-11,13-16H2,1-4H3,(H,28,33). The molecule has 2 aromatic rings. The number of amides is 1. The van der Waals surface area contributed by atoms with E-state index in [9.17, 15) is 4.79 Å². The van der Waals surface area contributed by atoms with Gasteiger partial charge in [-0.2, -0.15) is 0 Å². The number of nitrogens with one attached hydrogen (secondary N) is 1. The van der Waals surface area contributed by atoms with E-state index >= 15 is 0 Å². The third-order valence-electron chi connectivity index (χ3n) is 7.11. The van der Waals surface area contributed by atoms with Gasteiger partial charge in [-0.1, -0.05) is 13.8 Å². The van der Waals surface area contributed by atoms with Crippen LogP contribution in [0.1, 0.15) is 50.0 Å². The fourth-order valence-electron chi connectivity index (χ4n) is 4.73. The van der Waals surface area contributed by atoms with Crippen LogP contribution in [0.4, 0.5) is 17.1 Å². The quantitative estimate of drug-likeness (QED) is 0.647.